The van der Waals surface area contributed by atoms with Gasteiger partial charge < -0.3 is 19.5 Å². The lowest BCUT2D eigenvalue weighted by Crippen LogP contribution is -2.55. The van der Waals surface area contributed by atoms with Crippen LogP contribution in [-0.2, 0) is 22.5 Å². The van der Waals surface area contributed by atoms with Gasteiger partial charge in [0.15, 0.2) is 11.6 Å². The summed E-state index contributed by atoms with van der Waals surface area (Å²) < 4.78 is 12.3. The average Bonchev–Trinajstić information content (AvgIpc) is 3.36. The normalized spacial score (nSPS) is 19.6. The Hall–Kier alpha value is -3.84. The number of hydrogen-bond donors (Lipinski definition) is 1. The van der Waals surface area contributed by atoms with Gasteiger partial charge in [-0.05, 0) is 53.6 Å². The maximum Gasteiger partial charge on any atom is 0.259 e. The first-order valence-electron chi connectivity index (χ1n) is 13.5. The van der Waals surface area contributed by atoms with Gasteiger partial charge in [-0.15, -0.1) is 0 Å². The summed E-state index contributed by atoms with van der Waals surface area (Å²) in [7, 11) is 0. The van der Waals surface area contributed by atoms with E-state index in [0.29, 0.717) is 58.8 Å². The van der Waals surface area contributed by atoms with E-state index in [1.54, 1.807) is 17.0 Å². The number of aliphatic hydroxyl groups is 1. The minimum Gasteiger partial charge on any atom is -0.494 e. The van der Waals surface area contributed by atoms with Crippen LogP contribution in [0.15, 0.2) is 102 Å². The Morgan fingerprint density at radius 3 is 2.49 bits per heavy atom. The summed E-state index contributed by atoms with van der Waals surface area (Å²) in [5, 5.41) is 9.93. The van der Waals surface area contributed by atoms with E-state index in [-0.39, 0.29) is 12.5 Å². The molecular weight excluding hydrogens is 559 g/mol. The molecule has 0 fully saturated rings. The number of carbonyl (C=O) groups is 1. The summed E-state index contributed by atoms with van der Waals surface area (Å²) >= 11 is 13.0. The van der Waals surface area contributed by atoms with Crippen molar-refractivity contribution in [2.75, 3.05) is 18.1 Å². The molecule has 41 heavy (non-hydrogen) atoms. The van der Waals surface area contributed by atoms with Gasteiger partial charge in [-0.3, -0.25) is 4.79 Å². The fraction of sp³-hybridized carbons (Fsp3) is 0.212. The van der Waals surface area contributed by atoms with Crippen LogP contribution >= 0.6 is 23.2 Å². The fourth-order valence-electron chi connectivity index (χ4n) is 5.44. The van der Waals surface area contributed by atoms with Crippen LogP contribution in [0.1, 0.15) is 34.8 Å². The first-order valence-corrected chi connectivity index (χ1v) is 14.2. The number of fused-ring (bicyclic) bond motifs is 1. The smallest absolute Gasteiger partial charge is 0.259 e. The summed E-state index contributed by atoms with van der Waals surface area (Å²) in [6, 6.07) is 30.4. The molecule has 6 rings (SSSR count). The molecule has 2 atom stereocenters. The van der Waals surface area contributed by atoms with Gasteiger partial charge in [-0.25, -0.2) is 4.99 Å². The molecule has 0 unspecified atom stereocenters. The molecule has 1 spiro atoms. The lowest BCUT2D eigenvalue weighted by Gasteiger charge is -2.41. The van der Waals surface area contributed by atoms with Crippen molar-refractivity contribution in [1.29, 1.82) is 0 Å². The van der Waals surface area contributed by atoms with Crippen LogP contribution in [0.3, 0.4) is 0 Å². The highest BCUT2D eigenvalue weighted by Gasteiger charge is 2.57. The Labute approximate surface area is 248 Å². The molecular formula is C33H28Cl2N2O4. The zero-order valence-corrected chi connectivity index (χ0v) is 23.7. The molecule has 0 radical (unpaired) electrons. The monoisotopic (exact) mass is 586 g/mol. The molecule has 1 N–H and O–H groups in total. The highest BCUT2D eigenvalue weighted by molar-refractivity contribution is 6.35. The number of amides is 1. The standard InChI is InChI=1S/C33H28Cl2N2O4/c34-25-13-16-27(28(35)19-25)30-33(36-31(41-30)23-11-14-26(15-12-23)40-18-6-17-38)20-24-9-4-5-10-29(24)37(32(33)39)21-22-7-2-1-3-8-22/h1-5,7-16,19,30,38H,6,17-18,20-21H2/t30-,33-/m1/s1. The van der Waals surface area contributed by atoms with Crippen LogP contribution < -0.4 is 9.64 Å². The van der Waals surface area contributed by atoms with Crippen molar-refractivity contribution in [1.82, 2.24) is 0 Å². The third kappa shape index (κ3) is 5.31. The predicted molar refractivity (Wildman–Crippen MR) is 161 cm³/mol. The maximum atomic E-state index is 14.7. The van der Waals surface area contributed by atoms with Crippen molar-refractivity contribution in [3.63, 3.8) is 0 Å². The minimum atomic E-state index is -1.29. The van der Waals surface area contributed by atoms with Crippen molar-refractivity contribution in [3.8, 4) is 5.75 Å². The highest BCUT2D eigenvalue weighted by Crippen LogP contribution is 2.49. The third-order valence-electron chi connectivity index (χ3n) is 7.42. The van der Waals surface area contributed by atoms with E-state index in [2.05, 4.69) is 0 Å². The van der Waals surface area contributed by atoms with E-state index in [9.17, 15) is 4.79 Å². The number of hydrogen-bond acceptors (Lipinski definition) is 5. The van der Waals surface area contributed by atoms with E-state index >= 15 is 0 Å². The number of carbonyl (C=O) groups excluding carboxylic acids is 1. The predicted octanol–water partition coefficient (Wildman–Crippen LogP) is 6.80. The average molecular weight is 588 g/mol. The van der Waals surface area contributed by atoms with Crippen molar-refractivity contribution >= 4 is 40.7 Å². The molecule has 0 bridgehead atoms. The Morgan fingerprint density at radius 2 is 1.73 bits per heavy atom. The number of benzene rings is 4. The van der Waals surface area contributed by atoms with Crippen LogP contribution in [-0.4, -0.2) is 35.7 Å². The van der Waals surface area contributed by atoms with E-state index in [0.717, 1.165) is 16.8 Å². The van der Waals surface area contributed by atoms with E-state index in [1.807, 2.05) is 84.9 Å². The van der Waals surface area contributed by atoms with Gasteiger partial charge in [0.05, 0.1) is 13.2 Å². The second-order valence-electron chi connectivity index (χ2n) is 10.1. The van der Waals surface area contributed by atoms with Crippen LogP contribution in [0.2, 0.25) is 10.0 Å². The summed E-state index contributed by atoms with van der Waals surface area (Å²) in [6.45, 7) is 0.876. The molecule has 1 amide bonds. The number of halogens is 2. The Bertz CT molecular complexity index is 1590. The number of aliphatic hydroxyl groups excluding tert-OH is 1. The van der Waals surface area contributed by atoms with E-state index in [1.165, 1.54) is 0 Å². The second kappa shape index (κ2) is 11.6. The Balaban J connectivity index is 1.45. The lowest BCUT2D eigenvalue weighted by molar-refractivity contribution is -0.126. The van der Waals surface area contributed by atoms with Crippen molar-refractivity contribution in [2.24, 2.45) is 4.99 Å². The van der Waals surface area contributed by atoms with Gasteiger partial charge in [0.2, 0.25) is 5.90 Å². The summed E-state index contributed by atoms with van der Waals surface area (Å²) in [6.07, 6.45) is 0.122. The van der Waals surface area contributed by atoms with Crippen LogP contribution in [0.5, 0.6) is 5.75 Å². The third-order valence-corrected chi connectivity index (χ3v) is 7.99. The number of rotatable bonds is 8. The van der Waals surface area contributed by atoms with Crippen LogP contribution in [0, 0.1) is 0 Å². The zero-order chi connectivity index (χ0) is 28.4. The lowest BCUT2D eigenvalue weighted by atomic mass is 9.78. The molecule has 0 aliphatic carbocycles. The fourth-order valence-corrected chi connectivity index (χ4v) is 5.95. The van der Waals surface area contributed by atoms with Crippen LogP contribution in [0.4, 0.5) is 5.69 Å². The summed E-state index contributed by atoms with van der Waals surface area (Å²) in [5.74, 6) is 0.870. The molecule has 2 aliphatic heterocycles. The quantitative estimate of drug-likeness (QED) is 0.230. The molecule has 8 heteroatoms. The van der Waals surface area contributed by atoms with Crippen molar-refractivity contribution in [3.05, 3.63) is 129 Å². The van der Waals surface area contributed by atoms with Gasteiger partial charge in [0.25, 0.3) is 5.91 Å². The first-order chi connectivity index (χ1) is 20.0. The van der Waals surface area contributed by atoms with Gasteiger partial charge in [-0.2, -0.15) is 0 Å². The number of para-hydroxylation sites is 1. The molecule has 6 nitrogen and oxygen atoms in total. The number of anilines is 1. The van der Waals surface area contributed by atoms with Gasteiger partial charge >= 0.3 is 0 Å². The van der Waals surface area contributed by atoms with E-state index in [4.69, 9.17) is 42.8 Å². The Morgan fingerprint density at radius 1 is 0.976 bits per heavy atom. The molecule has 0 saturated heterocycles. The van der Waals surface area contributed by atoms with Gasteiger partial charge in [-0.1, -0.05) is 77.8 Å². The van der Waals surface area contributed by atoms with E-state index < -0.39 is 11.6 Å². The van der Waals surface area contributed by atoms with Crippen molar-refractivity contribution in [2.45, 2.75) is 31.0 Å². The molecule has 2 aliphatic rings. The topological polar surface area (TPSA) is 71.4 Å². The summed E-state index contributed by atoms with van der Waals surface area (Å²) in [5.41, 5.74) is 2.94. The second-order valence-corrected chi connectivity index (χ2v) is 11.0. The largest absolute Gasteiger partial charge is 0.494 e. The van der Waals surface area contributed by atoms with Crippen LogP contribution in [0.25, 0.3) is 0 Å². The Kier molecular flexibility index (Phi) is 7.71. The maximum absolute atomic E-state index is 14.7. The molecule has 2 heterocycles. The number of aliphatic imine (C=N–C) groups is 1. The SMILES string of the molecule is O=C1N(Cc2ccccc2)c2ccccc2C[C@]12N=C(c1ccc(OCCCO)cc1)O[C@@H]2c1ccc(Cl)cc1Cl. The number of ether oxygens (including phenoxy) is 2. The molecule has 4 aromatic carbocycles. The van der Waals surface area contributed by atoms with Gasteiger partial charge in [0.1, 0.15) is 5.75 Å². The number of nitrogens with zero attached hydrogens (tertiary/aromatic N) is 2. The highest BCUT2D eigenvalue weighted by atomic mass is 35.5. The molecule has 0 aromatic heterocycles. The molecule has 4 aromatic rings. The molecule has 0 saturated carbocycles. The van der Waals surface area contributed by atoms with Gasteiger partial charge in [0, 0.05) is 46.3 Å². The summed E-state index contributed by atoms with van der Waals surface area (Å²) in [4.78, 5) is 21.6. The zero-order valence-electron chi connectivity index (χ0n) is 22.2. The minimum absolute atomic E-state index is 0.0674. The van der Waals surface area contributed by atoms with Crippen molar-refractivity contribution < 1.29 is 19.4 Å². The molecule has 208 valence electrons. The first kappa shape index (κ1) is 27.3.